The van der Waals surface area contributed by atoms with Crippen molar-refractivity contribution in [3.05, 3.63) is 11.8 Å². The molecule has 0 aromatic carbocycles. The Kier molecular flexibility index (Phi) is 5.09. The zero-order valence-electron chi connectivity index (χ0n) is 15.3. The molecular formula is C16H28O6Si. The van der Waals surface area contributed by atoms with Crippen LogP contribution in [0.1, 0.15) is 55.4 Å². The predicted molar refractivity (Wildman–Crippen MR) is 87.7 cm³/mol. The van der Waals surface area contributed by atoms with Gasteiger partial charge in [0.1, 0.15) is 0 Å². The molecule has 0 spiro atoms. The average Bonchev–Trinajstić information content (AvgIpc) is 2.63. The van der Waals surface area contributed by atoms with Crippen LogP contribution in [-0.4, -0.2) is 37.5 Å². The molecule has 1 aliphatic rings. The lowest BCUT2D eigenvalue weighted by molar-refractivity contribution is -0.170. The first kappa shape index (κ1) is 19.7. The summed E-state index contributed by atoms with van der Waals surface area (Å²) in [5, 5.41) is -1.09. The van der Waals surface area contributed by atoms with Crippen LogP contribution in [0.3, 0.4) is 0 Å². The van der Waals surface area contributed by atoms with Gasteiger partial charge in [-0.3, -0.25) is 0 Å². The van der Waals surface area contributed by atoms with Crippen LogP contribution in [0.2, 0.25) is 10.1 Å². The van der Waals surface area contributed by atoms with Crippen LogP contribution < -0.4 is 0 Å². The summed E-state index contributed by atoms with van der Waals surface area (Å²) in [5.41, 5.74) is -1.52. The molecule has 0 unspecified atom stereocenters. The summed E-state index contributed by atoms with van der Waals surface area (Å²) < 4.78 is 15.9. The van der Waals surface area contributed by atoms with Gasteiger partial charge in [0.15, 0.2) is 5.76 Å². The smallest absolute Gasteiger partial charge is 0.407 e. The monoisotopic (exact) mass is 344 g/mol. The van der Waals surface area contributed by atoms with Crippen LogP contribution in [0.15, 0.2) is 11.8 Å². The number of rotatable bonds is 4. The van der Waals surface area contributed by atoms with E-state index in [1.165, 1.54) is 13.0 Å². The van der Waals surface area contributed by atoms with Gasteiger partial charge in [-0.05, 0) is 13.8 Å². The summed E-state index contributed by atoms with van der Waals surface area (Å²) in [5.74, 6) is -1.55. The number of hydrogen-bond donors (Lipinski definition) is 1. The Bertz CT molecular complexity index is 512. The van der Waals surface area contributed by atoms with Gasteiger partial charge in [0.25, 0.3) is 0 Å². The summed E-state index contributed by atoms with van der Waals surface area (Å²) in [4.78, 5) is 35.3. The van der Waals surface area contributed by atoms with E-state index in [0.717, 1.165) is 0 Å². The maximum Gasteiger partial charge on any atom is 0.407 e. The van der Waals surface area contributed by atoms with Crippen molar-refractivity contribution in [1.82, 2.24) is 0 Å². The fourth-order valence-corrected chi connectivity index (χ4v) is 5.94. The molecule has 132 valence electrons. The molecule has 0 fully saturated rings. The molecule has 6 nitrogen and oxygen atoms in total. The number of carbonyl (C=O) groups is 2. The molecule has 1 heterocycles. The van der Waals surface area contributed by atoms with E-state index >= 15 is 0 Å². The van der Waals surface area contributed by atoms with Crippen molar-refractivity contribution in [3.8, 4) is 0 Å². The topological polar surface area (TPSA) is 82.1 Å². The Morgan fingerprint density at radius 3 is 2.13 bits per heavy atom. The van der Waals surface area contributed by atoms with Crippen LogP contribution in [0.25, 0.3) is 0 Å². The van der Waals surface area contributed by atoms with E-state index in [9.17, 15) is 14.4 Å². The average molecular weight is 344 g/mol. The Balaban J connectivity index is 3.20. The highest BCUT2D eigenvalue weighted by molar-refractivity contribution is 6.72. The zero-order valence-corrected chi connectivity index (χ0v) is 16.3. The minimum absolute atomic E-state index is 0.125. The molecule has 0 aliphatic carbocycles. The van der Waals surface area contributed by atoms with E-state index in [1.807, 2.05) is 41.5 Å². The molecule has 1 N–H and O–H groups in total. The first-order chi connectivity index (χ1) is 10.2. The second kappa shape index (κ2) is 5.94. The van der Waals surface area contributed by atoms with Crippen molar-refractivity contribution in [2.24, 2.45) is 0 Å². The molecule has 1 aliphatic heterocycles. The van der Waals surface area contributed by atoms with Crippen LogP contribution in [0, 0.1) is 0 Å². The molecule has 0 aromatic heterocycles. The summed E-state index contributed by atoms with van der Waals surface area (Å²) in [6.07, 6.45) is 1.29. The number of cyclic esters (lactones) is 1. The van der Waals surface area contributed by atoms with E-state index in [4.69, 9.17) is 13.9 Å². The molecule has 1 rings (SSSR count). The summed E-state index contributed by atoms with van der Waals surface area (Å²) in [6.45, 7) is 14.5. The van der Waals surface area contributed by atoms with Gasteiger partial charge in [-0.1, -0.05) is 41.5 Å². The largest absolute Gasteiger partial charge is 0.514 e. The van der Waals surface area contributed by atoms with Crippen LogP contribution >= 0.6 is 0 Å². The van der Waals surface area contributed by atoms with Crippen molar-refractivity contribution >= 4 is 20.5 Å². The Hall–Kier alpha value is -1.34. The molecule has 0 radical (unpaired) electrons. The number of esters is 2. The van der Waals surface area contributed by atoms with Gasteiger partial charge in [-0.25, -0.2) is 9.59 Å². The first-order valence-corrected chi connectivity index (χ1v) is 9.58. The van der Waals surface area contributed by atoms with Crippen LogP contribution in [-0.2, 0) is 23.5 Å². The van der Waals surface area contributed by atoms with Gasteiger partial charge in [-0.2, -0.15) is 0 Å². The Morgan fingerprint density at radius 1 is 1.26 bits per heavy atom. The second-order valence-corrected chi connectivity index (χ2v) is 12.5. The standard InChI is InChI=1S/C16H28O6Si/c1-9-20-13(18)16(8)10-11(12(17)21-16)22-23(19,14(2,3)4)15(5,6)7/h10,19H,9H2,1-8H3/t16-/m0/s1. The Morgan fingerprint density at radius 2 is 1.74 bits per heavy atom. The fraction of sp³-hybridized carbons (Fsp3) is 0.750. The highest BCUT2D eigenvalue weighted by Gasteiger charge is 2.59. The van der Waals surface area contributed by atoms with E-state index in [0.29, 0.717) is 0 Å². The van der Waals surface area contributed by atoms with Crippen molar-refractivity contribution in [1.29, 1.82) is 0 Å². The highest BCUT2D eigenvalue weighted by atomic mass is 28.4. The third-order valence-corrected chi connectivity index (χ3v) is 8.47. The quantitative estimate of drug-likeness (QED) is 0.624. The van der Waals surface area contributed by atoms with Crippen molar-refractivity contribution in [2.45, 2.75) is 71.1 Å². The van der Waals surface area contributed by atoms with Gasteiger partial charge in [0, 0.05) is 16.2 Å². The number of carbonyl (C=O) groups excluding carboxylic acids is 2. The van der Waals surface area contributed by atoms with Gasteiger partial charge >= 0.3 is 20.5 Å². The molecule has 23 heavy (non-hydrogen) atoms. The van der Waals surface area contributed by atoms with Crippen LogP contribution in [0.5, 0.6) is 0 Å². The lowest BCUT2D eigenvalue weighted by Gasteiger charge is -2.44. The maximum absolute atomic E-state index is 12.1. The van der Waals surface area contributed by atoms with E-state index < -0.39 is 36.2 Å². The SMILES string of the molecule is CCOC(=O)[C@]1(C)C=C(O[Si](O)(C(C)(C)C)C(C)(C)C)C(=O)O1. The molecule has 1 atom stereocenters. The number of hydrogen-bond acceptors (Lipinski definition) is 6. The van der Waals surface area contributed by atoms with E-state index in [-0.39, 0.29) is 12.4 Å². The van der Waals surface area contributed by atoms with Crippen molar-refractivity contribution in [3.63, 3.8) is 0 Å². The van der Waals surface area contributed by atoms with E-state index in [1.54, 1.807) is 6.92 Å². The lowest BCUT2D eigenvalue weighted by atomic mass is 10.1. The predicted octanol–water partition coefficient (Wildman–Crippen LogP) is 2.80. The molecule has 0 amide bonds. The highest BCUT2D eigenvalue weighted by Crippen LogP contribution is 2.51. The van der Waals surface area contributed by atoms with Gasteiger partial charge in [-0.15, -0.1) is 0 Å². The first-order valence-electron chi connectivity index (χ1n) is 7.73. The van der Waals surface area contributed by atoms with Crippen LogP contribution in [0.4, 0.5) is 0 Å². The second-order valence-electron chi connectivity index (χ2n) is 7.97. The molecule has 0 saturated heterocycles. The van der Waals surface area contributed by atoms with Crippen molar-refractivity contribution < 1.29 is 28.3 Å². The molecule has 7 heteroatoms. The van der Waals surface area contributed by atoms with Gasteiger partial charge in [0.2, 0.25) is 5.60 Å². The minimum Gasteiger partial charge on any atom is -0.514 e. The van der Waals surface area contributed by atoms with Gasteiger partial charge < -0.3 is 18.7 Å². The molecule has 0 aromatic rings. The minimum atomic E-state index is -3.40. The summed E-state index contributed by atoms with van der Waals surface area (Å²) in [7, 11) is -3.40. The normalized spacial score (nSPS) is 22.5. The maximum atomic E-state index is 12.1. The third kappa shape index (κ3) is 3.61. The van der Waals surface area contributed by atoms with Crippen molar-refractivity contribution in [2.75, 3.05) is 6.61 Å². The van der Waals surface area contributed by atoms with E-state index in [2.05, 4.69) is 0 Å². The van der Waals surface area contributed by atoms with Gasteiger partial charge in [0.05, 0.1) is 6.61 Å². The third-order valence-electron chi connectivity index (χ3n) is 3.88. The molecular weight excluding hydrogens is 316 g/mol. The molecule has 0 bridgehead atoms. The Labute approximate surface area is 139 Å². The fourth-order valence-electron chi connectivity index (χ4n) is 2.62. The lowest BCUT2D eigenvalue weighted by Crippen LogP contribution is -2.55. The summed E-state index contributed by atoms with van der Waals surface area (Å²) >= 11 is 0. The zero-order chi connectivity index (χ0) is 18.3. The molecule has 0 saturated carbocycles. The summed E-state index contributed by atoms with van der Waals surface area (Å²) in [6, 6.07) is 0. The number of ether oxygens (including phenoxy) is 2.